The van der Waals surface area contributed by atoms with Crippen LogP contribution in [0.4, 0.5) is 0 Å². The Labute approximate surface area is 150 Å². The number of hydrogen-bond donors (Lipinski definition) is 1. The van der Waals surface area contributed by atoms with Gasteiger partial charge < -0.3 is 0 Å². The summed E-state index contributed by atoms with van der Waals surface area (Å²) in [7, 11) is 0. The molecule has 0 aliphatic carbocycles. The van der Waals surface area contributed by atoms with Gasteiger partial charge in [-0.3, -0.25) is 4.79 Å². The van der Waals surface area contributed by atoms with Crippen LogP contribution in [0.1, 0.15) is 18.1 Å². The Balaban J connectivity index is 1.82. The zero-order valence-electron chi connectivity index (χ0n) is 12.5. The summed E-state index contributed by atoms with van der Waals surface area (Å²) in [6.07, 6.45) is 1.51. The summed E-state index contributed by atoms with van der Waals surface area (Å²) < 4.78 is 0. The van der Waals surface area contributed by atoms with E-state index in [-0.39, 0.29) is 11.2 Å². The summed E-state index contributed by atoms with van der Waals surface area (Å²) in [6.45, 7) is 1.85. The van der Waals surface area contributed by atoms with Gasteiger partial charge in [0.2, 0.25) is 0 Å². The molecular weight excluding hydrogens is 351 g/mol. The van der Waals surface area contributed by atoms with Crippen LogP contribution in [-0.4, -0.2) is 17.4 Å². The molecule has 0 aliphatic heterocycles. The third kappa shape index (κ3) is 5.90. The third-order valence-corrected chi connectivity index (χ3v) is 4.83. The van der Waals surface area contributed by atoms with E-state index >= 15 is 0 Å². The molecule has 2 rings (SSSR count). The van der Waals surface area contributed by atoms with Crippen LogP contribution in [0.3, 0.4) is 0 Å². The Morgan fingerprint density at radius 3 is 2.70 bits per heavy atom. The summed E-state index contributed by atoms with van der Waals surface area (Å²) in [5, 5.41) is 4.79. The fraction of sp³-hybridized carbons (Fsp3) is 0.176. The molecule has 0 fully saturated rings. The highest BCUT2D eigenvalue weighted by Crippen LogP contribution is 2.19. The molecule has 0 saturated carbocycles. The molecule has 0 heterocycles. The summed E-state index contributed by atoms with van der Waals surface area (Å²) in [5.74, 6) is 0.634. The van der Waals surface area contributed by atoms with Crippen molar-refractivity contribution in [2.75, 3.05) is 0 Å². The van der Waals surface area contributed by atoms with Crippen LogP contribution >= 0.6 is 35.0 Å². The number of nitrogens with one attached hydrogen (secondary N) is 1. The summed E-state index contributed by atoms with van der Waals surface area (Å²) >= 11 is 13.4. The first-order valence-electron chi connectivity index (χ1n) is 7.00. The molecule has 0 bridgehead atoms. The minimum Gasteiger partial charge on any atom is -0.272 e. The zero-order chi connectivity index (χ0) is 16.7. The van der Waals surface area contributed by atoms with Crippen molar-refractivity contribution in [3.8, 4) is 0 Å². The first-order chi connectivity index (χ1) is 11.1. The first-order valence-corrected chi connectivity index (χ1v) is 8.80. The van der Waals surface area contributed by atoms with Gasteiger partial charge in [-0.2, -0.15) is 5.10 Å². The Kier molecular flexibility index (Phi) is 6.96. The van der Waals surface area contributed by atoms with Gasteiger partial charge in [0, 0.05) is 16.3 Å². The van der Waals surface area contributed by atoms with E-state index in [4.69, 9.17) is 23.2 Å². The van der Waals surface area contributed by atoms with Crippen molar-refractivity contribution in [1.29, 1.82) is 0 Å². The molecule has 1 atom stereocenters. The monoisotopic (exact) mass is 366 g/mol. The van der Waals surface area contributed by atoms with Crippen LogP contribution in [0.25, 0.3) is 0 Å². The molecular formula is C17H16Cl2N2OS. The number of carbonyl (C=O) groups is 1. The maximum Gasteiger partial charge on any atom is 0.252 e. The maximum atomic E-state index is 12.0. The highest BCUT2D eigenvalue weighted by atomic mass is 35.5. The van der Waals surface area contributed by atoms with Crippen LogP contribution in [0.15, 0.2) is 53.6 Å². The molecule has 0 aliphatic rings. The minimum absolute atomic E-state index is 0.146. The van der Waals surface area contributed by atoms with Crippen molar-refractivity contribution in [2.45, 2.75) is 17.9 Å². The summed E-state index contributed by atoms with van der Waals surface area (Å²) in [5.41, 5.74) is 4.41. The number of halogens is 2. The van der Waals surface area contributed by atoms with Crippen LogP contribution in [0.5, 0.6) is 0 Å². The van der Waals surface area contributed by atoms with Gasteiger partial charge in [0.05, 0.1) is 16.5 Å². The standard InChI is InChI=1S/C17H16Cl2N2OS/c1-12(23-11-13-5-3-2-4-6-13)17(22)21-20-10-14-7-8-15(18)9-16(14)19/h2-10,12H,11H2,1H3,(H,21,22)/b20-10-/t12-/m0/s1. The van der Waals surface area contributed by atoms with E-state index in [0.717, 1.165) is 5.75 Å². The van der Waals surface area contributed by atoms with Crippen molar-refractivity contribution in [3.63, 3.8) is 0 Å². The first kappa shape index (κ1) is 17.9. The minimum atomic E-state index is -0.201. The zero-order valence-corrected chi connectivity index (χ0v) is 14.8. The second-order valence-corrected chi connectivity index (χ2v) is 7.01. The fourth-order valence-corrected chi connectivity index (χ4v) is 3.03. The molecule has 120 valence electrons. The number of hydrogen-bond acceptors (Lipinski definition) is 3. The second kappa shape index (κ2) is 8.96. The van der Waals surface area contributed by atoms with Gasteiger partial charge in [-0.05, 0) is 24.6 Å². The molecule has 1 N–H and O–H groups in total. The van der Waals surface area contributed by atoms with Crippen LogP contribution in [-0.2, 0) is 10.5 Å². The number of carbonyl (C=O) groups excluding carboxylic acids is 1. The Bertz CT molecular complexity index is 692. The van der Waals surface area contributed by atoms with Gasteiger partial charge >= 0.3 is 0 Å². The molecule has 0 saturated heterocycles. The smallest absolute Gasteiger partial charge is 0.252 e. The number of nitrogens with zero attached hydrogens (tertiary/aromatic N) is 1. The summed E-state index contributed by atoms with van der Waals surface area (Å²) in [4.78, 5) is 12.0. The second-order valence-electron chi connectivity index (χ2n) is 4.84. The molecule has 0 unspecified atom stereocenters. The Hall–Kier alpha value is -1.49. The third-order valence-electron chi connectivity index (χ3n) is 3.05. The van der Waals surface area contributed by atoms with E-state index in [9.17, 15) is 4.79 Å². The van der Waals surface area contributed by atoms with Gasteiger partial charge in [-0.1, -0.05) is 59.6 Å². The Morgan fingerprint density at radius 1 is 1.26 bits per heavy atom. The predicted molar refractivity (Wildman–Crippen MR) is 99.4 cm³/mol. The highest BCUT2D eigenvalue weighted by molar-refractivity contribution is 7.99. The number of amides is 1. The quantitative estimate of drug-likeness (QED) is 0.591. The van der Waals surface area contributed by atoms with E-state index in [0.29, 0.717) is 15.6 Å². The lowest BCUT2D eigenvalue weighted by atomic mass is 10.2. The molecule has 6 heteroatoms. The van der Waals surface area contributed by atoms with Crippen LogP contribution in [0, 0.1) is 0 Å². The number of benzene rings is 2. The summed E-state index contributed by atoms with van der Waals surface area (Å²) in [6, 6.07) is 15.1. The number of thioether (sulfide) groups is 1. The van der Waals surface area contributed by atoms with Crippen LogP contribution < -0.4 is 5.43 Å². The predicted octanol–water partition coefficient (Wildman–Crippen LogP) is 4.77. The van der Waals surface area contributed by atoms with Gasteiger partial charge in [0.1, 0.15) is 0 Å². The molecule has 1 amide bonds. The fourth-order valence-electron chi connectivity index (χ4n) is 1.73. The van der Waals surface area contributed by atoms with Crippen LogP contribution in [0.2, 0.25) is 10.0 Å². The molecule has 0 radical (unpaired) electrons. The van der Waals surface area contributed by atoms with E-state index in [1.807, 2.05) is 37.3 Å². The molecule has 0 aromatic heterocycles. The van der Waals surface area contributed by atoms with Crippen molar-refractivity contribution >= 4 is 47.1 Å². The van der Waals surface area contributed by atoms with E-state index in [1.54, 1.807) is 30.0 Å². The van der Waals surface area contributed by atoms with Gasteiger partial charge in [0.25, 0.3) is 5.91 Å². The molecule has 2 aromatic rings. The average Bonchev–Trinajstić information content (AvgIpc) is 2.55. The van der Waals surface area contributed by atoms with Crippen molar-refractivity contribution in [3.05, 3.63) is 69.7 Å². The van der Waals surface area contributed by atoms with E-state index in [2.05, 4.69) is 10.5 Å². The normalized spacial score (nSPS) is 12.3. The molecule has 23 heavy (non-hydrogen) atoms. The largest absolute Gasteiger partial charge is 0.272 e. The Morgan fingerprint density at radius 2 is 2.00 bits per heavy atom. The van der Waals surface area contributed by atoms with Crippen molar-refractivity contribution in [2.24, 2.45) is 5.10 Å². The maximum absolute atomic E-state index is 12.0. The topological polar surface area (TPSA) is 41.5 Å². The van der Waals surface area contributed by atoms with E-state index in [1.165, 1.54) is 11.8 Å². The lowest BCUT2D eigenvalue weighted by Gasteiger charge is -2.09. The van der Waals surface area contributed by atoms with Crippen molar-refractivity contribution in [1.82, 2.24) is 5.43 Å². The van der Waals surface area contributed by atoms with Gasteiger partial charge in [0.15, 0.2) is 0 Å². The number of hydrazone groups is 1. The molecule has 0 spiro atoms. The van der Waals surface area contributed by atoms with Gasteiger partial charge in [-0.15, -0.1) is 11.8 Å². The van der Waals surface area contributed by atoms with E-state index < -0.39 is 0 Å². The van der Waals surface area contributed by atoms with Crippen molar-refractivity contribution < 1.29 is 4.79 Å². The molecule has 3 nitrogen and oxygen atoms in total. The highest BCUT2D eigenvalue weighted by Gasteiger charge is 2.12. The lowest BCUT2D eigenvalue weighted by Crippen LogP contribution is -2.27. The number of rotatable bonds is 6. The SMILES string of the molecule is C[C@H](SCc1ccccc1)C(=O)N/N=C\c1ccc(Cl)cc1Cl. The molecule has 2 aromatic carbocycles. The average molecular weight is 367 g/mol. The lowest BCUT2D eigenvalue weighted by molar-refractivity contribution is -0.120. The van der Waals surface area contributed by atoms with Gasteiger partial charge in [-0.25, -0.2) is 5.43 Å².